The number of urea groups is 1. The van der Waals surface area contributed by atoms with E-state index in [0.29, 0.717) is 37.3 Å². The number of hydrogen-bond donors (Lipinski definition) is 0. The summed E-state index contributed by atoms with van der Waals surface area (Å²) in [6, 6.07) is 19.0. The van der Waals surface area contributed by atoms with Crippen molar-refractivity contribution in [2.75, 3.05) is 11.4 Å². The second-order valence-electron chi connectivity index (χ2n) is 10.4. The maximum Gasteiger partial charge on any atom is 0.332 e. The molecule has 7 nitrogen and oxygen atoms in total. The molecule has 3 aromatic rings. The van der Waals surface area contributed by atoms with Crippen molar-refractivity contribution in [2.24, 2.45) is 0 Å². The van der Waals surface area contributed by atoms with Crippen LogP contribution in [0.15, 0.2) is 72.9 Å². The third-order valence-corrected chi connectivity index (χ3v) is 7.33. The fourth-order valence-corrected chi connectivity index (χ4v) is 5.63. The number of piperidine rings is 1. The van der Waals surface area contributed by atoms with Crippen molar-refractivity contribution in [3.8, 4) is 5.75 Å². The van der Waals surface area contributed by atoms with Crippen LogP contribution in [-0.2, 0) is 17.9 Å². The molecule has 0 aliphatic carbocycles. The number of imide groups is 1. The largest absolute Gasteiger partial charge is 0.491 e. The molecule has 198 valence electrons. The van der Waals surface area contributed by atoms with E-state index in [1.165, 1.54) is 21.9 Å². The number of rotatable bonds is 7. The molecule has 1 spiro atoms. The van der Waals surface area contributed by atoms with Crippen LogP contribution in [0.4, 0.5) is 14.9 Å². The molecular weight excluding hydrogens is 483 g/mol. The standard InChI is InChI=1S/C30H33FN4O3/c1-21(2)38-27-12-6-8-23(16-27)19-33-15-13-30(18-22(33)3)28(36)34(20-25-10-4-5-14-32-25)29(37)35(30)26-11-7-9-24(31)17-26/h4-12,14,16-17,21-22H,13,15,18-20H2,1-3H3/t22-,30+/m0/s1. The number of halogens is 1. The molecule has 2 aromatic carbocycles. The lowest BCUT2D eigenvalue weighted by Crippen LogP contribution is -2.59. The topological polar surface area (TPSA) is 66.0 Å². The van der Waals surface area contributed by atoms with Gasteiger partial charge in [-0.25, -0.2) is 9.18 Å². The van der Waals surface area contributed by atoms with Gasteiger partial charge in [-0.3, -0.25) is 24.5 Å². The van der Waals surface area contributed by atoms with Gasteiger partial charge in [-0.2, -0.15) is 0 Å². The number of anilines is 1. The molecule has 3 heterocycles. The molecule has 2 fully saturated rings. The average Bonchev–Trinajstić information content (AvgIpc) is 3.07. The van der Waals surface area contributed by atoms with Crippen molar-refractivity contribution in [1.29, 1.82) is 0 Å². The first-order valence-electron chi connectivity index (χ1n) is 13.1. The highest BCUT2D eigenvalue weighted by atomic mass is 19.1. The molecule has 1 aromatic heterocycles. The van der Waals surface area contributed by atoms with Crippen molar-refractivity contribution >= 4 is 17.6 Å². The van der Waals surface area contributed by atoms with Crippen LogP contribution in [0.5, 0.6) is 5.75 Å². The number of hydrogen-bond acceptors (Lipinski definition) is 5. The van der Waals surface area contributed by atoms with Gasteiger partial charge in [0.1, 0.15) is 17.1 Å². The zero-order valence-corrected chi connectivity index (χ0v) is 22.0. The molecule has 2 saturated heterocycles. The summed E-state index contributed by atoms with van der Waals surface area (Å²) in [7, 11) is 0. The van der Waals surface area contributed by atoms with Crippen LogP contribution < -0.4 is 9.64 Å². The Balaban J connectivity index is 1.42. The van der Waals surface area contributed by atoms with Gasteiger partial charge in [0.25, 0.3) is 5.91 Å². The maximum absolute atomic E-state index is 14.3. The van der Waals surface area contributed by atoms with E-state index in [2.05, 4.69) is 28.9 Å². The summed E-state index contributed by atoms with van der Waals surface area (Å²) in [4.78, 5) is 37.2. The number of benzene rings is 2. The van der Waals surface area contributed by atoms with Gasteiger partial charge >= 0.3 is 6.03 Å². The van der Waals surface area contributed by atoms with Crippen LogP contribution in [-0.4, -0.2) is 51.0 Å². The van der Waals surface area contributed by atoms with Gasteiger partial charge in [0.05, 0.1) is 18.3 Å². The van der Waals surface area contributed by atoms with E-state index >= 15 is 0 Å². The second kappa shape index (κ2) is 10.5. The smallest absolute Gasteiger partial charge is 0.332 e. The Bertz CT molecular complexity index is 1320. The minimum Gasteiger partial charge on any atom is -0.491 e. The van der Waals surface area contributed by atoms with Crippen LogP contribution in [0.2, 0.25) is 0 Å². The molecule has 0 N–H and O–H groups in total. The molecule has 0 bridgehead atoms. The Hall–Kier alpha value is -3.78. The van der Waals surface area contributed by atoms with Gasteiger partial charge in [0.2, 0.25) is 0 Å². The molecule has 8 heteroatoms. The van der Waals surface area contributed by atoms with E-state index in [4.69, 9.17) is 4.74 Å². The lowest BCUT2D eigenvalue weighted by molar-refractivity contribution is -0.133. The third kappa shape index (κ3) is 5.00. The van der Waals surface area contributed by atoms with E-state index in [1.54, 1.807) is 30.5 Å². The maximum atomic E-state index is 14.3. The van der Waals surface area contributed by atoms with Crippen molar-refractivity contribution in [3.63, 3.8) is 0 Å². The first-order chi connectivity index (χ1) is 18.3. The summed E-state index contributed by atoms with van der Waals surface area (Å²) in [6.07, 6.45) is 2.61. The van der Waals surface area contributed by atoms with Gasteiger partial charge in [-0.05, 0) is 81.6 Å². The quantitative estimate of drug-likeness (QED) is 0.394. The number of amides is 3. The number of carbonyl (C=O) groups is 2. The highest BCUT2D eigenvalue weighted by Gasteiger charge is 2.59. The van der Waals surface area contributed by atoms with Crippen molar-refractivity contribution in [2.45, 2.75) is 64.4 Å². The predicted molar refractivity (Wildman–Crippen MR) is 143 cm³/mol. The predicted octanol–water partition coefficient (Wildman–Crippen LogP) is 5.40. The minimum absolute atomic E-state index is 0.000956. The van der Waals surface area contributed by atoms with E-state index in [0.717, 1.165) is 11.3 Å². The van der Waals surface area contributed by atoms with E-state index in [9.17, 15) is 14.0 Å². The van der Waals surface area contributed by atoms with E-state index in [-0.39, 0.29) is 24.6 Å². The number of likely N-dealkylation sites (tertiary alicyclic amines) is 1. The lowest BCUT2D eigenvalue weighted by Gasteiger charge is -2.45. The van der Waals surface area contributed by atoms with Gasteiger partial charge in [-0.1, -0.05) is 24.3 Å². The molecule has 5 rings (SSSR count). The van der Waals surface area contributed by atoms with E-state index < -0.39 is 17.4 Å². The lowest BCUT2D eigenvalue weighted by atomic mass is 9.81. The minimum atomic E-state index is -1.09. The van der Waals surface area contributed by atoms with Gasteiger partial charge in [-0.15, -0.1) is 0 Å². The number of nitrogens with zero attached hydrogens (tertiary/aromatic N) is 4. The Morgan fingerprint density at radius 1 is 1.05 bits per heavy atom. The molecule has 2 aliphatic heterocycles. The number of carbonyl (C=O) groups excluding carboxylic acids is 2. The summed E-state index contributed by atoms with van der Waals surface area (Å²) in [5.41, 5.74) is 1.06. The summed E-state index contributed by atoms with van der Waals surface area (Å²) in [6.45, 7) is 7.47. The molecule has 0 saturated carbocycles. The van der Waals surface area contributed by atoms with Gasteiger partial charge in [0.15, 0.2) is 0 Å². The third-order valence-electron chi connectivity index (χ3n) is 7.33. The van der Waals surface area contributed by atoms with Crippen LogP contribution in [0.25, 0.3) is 0 Å². The van der Waals surface area contributed by atoms with Crippen molar-refractivity contribution < 1.29 is 18.7 Å². The Morgan fingerprint density at radius 2 is 1.87 bits per heavy atom. The monoisotopic (exact) mass is 516 g/mol. The number of aromatic nitrogens is 1. The number of ether oxygens (including phenoxy) is 1. The zero-order valence-electron chi connectivity index (χ0n) is 22.0. The molecular formula is C30H33FN4O3. The summed E-state index contributed by atoms with van der Waals surface area (Å²) in [5, 5.41) is 0. The Labute approximate surface area is 222 Å². The molecule has 38 heavy (non-hydrogen) atoms. The SMILES string of the molecule is CC(C)Oc1cccc(CN2CC[C@@]3(C[C@@H]2C)C(=O)N(Cc2ccccn2)C(=O)N3c2cccc(F)c2)c1. The summed E-state index contributed by atoms with van der Waals surface area (Å²) >= 11 is 0. The number of pyridine rings is 1. The average molecular weight is 517 g/mol. The molecule has 2 atom stereocenters. The first-order valence-corrected chi connectivity index (χ1v) is 13.1. The summed E-state index contributed by atoms with van der Waals surface area (Å²) in [5.74, 6) is 0.129. The van der Waals surface area contributed by atoms with Crippen molar-refractivity contribution in [3.05, 3.63) is 90.0 Å². The molecule has 3 amide bonds. The summed E-state index contributed by atoms with van der Waals surface area (Å²) < 4.78 is 20.1. The fraction of sp³-hybridized carbons (Fsp3) is 0.367. The fourth-order valence-electron chi connectivity index (χ4n) is 5.63. The second-order valence-corrected chi connectivity index (χ2v) is 10.4. The van der Waals surface area contributed by atoms with Gasteiger partial charge < -0.3 is 4.74 Å². The molecule has 0 radical (unpaired) electrons. The zero-order chi connectivity index (χ0) is 26.9. The molecule has 2 aliphatic rings. The van der Waals surface area contributed by atoms with Crippen LogP contribution in [0.1, 0.15) is 44.9 Å². The van der Waals surface area contributed by atoms with Gasteiger partial charge in [0, 0.05) is 31.0 Å². The normalized spacial score (nSPS) is 22.1. The Kier molecular flexibility index (Phi) is 7.17. The van der Waals surface area contributed by atoms with E-state index in [1.807, 2.05) is 32.0 Å². The van der Waals surface area contributed by atoms with Crippen LogP contribution in [0, 0.1) is 5.82 Å². The van der Waals surface area contributed by atoms with Crippen LogP contribution >= 0.6 is 0 Å². The highest BCUT2D eigenvalue weighted by Crippen LogP contribution is 2.43. The molecule has 0 unspecified atom stereocenters. The Morgan fingerprint density at radius 3 is 2.58 bits per heavy atom. The highest BCUT2D eigenvalue weighted by molar-refractivity contribution is 6.16. The van der Waals surface area contributed by atoms with Crippen molar-refractivity contribution in [1.82, 2.24) is 14.8 Å². The first kappa shape index (κ1) is 25.9. The van der Waals surface area contributed by atoms with Crippen LogP contribution in [0.3, 0.4) is 0 Å².